The van der Waals surface area contributed by atoms with E-state index in [0.29, 0.717) is 17.9 Å². The molecular formula is C36H55N3O2. The molecule has 3 saturated carbocycles. The van der Waals surface area contributed by atoms with Crippen molar-refractivity contribution < 1.29 is 9.90 Å². The highest BCUT2D eigenvalue weighted by Crippen LogP contribution is 2.75. The van der Waals surface area contributed by atoms with Gasteiger partial charge in [0.1, 0.15) is 0 Å². The van der Waals surface area contributed by atoms with Crippen LogP contribution in [-0.2, 0) is 16.6 Å². The average Bonchev–Trinajstić information content (AvgIpc) is 3.33. The zero-order chi connectivity index (χ0) is 29.2. The van der Waals surface area contributed by atoms with Crippen LogP contribution in [0.25, 0.3) is 0 Å². The molecule has 0 bridgehead atoms. The summed E-state index contributed by atoms with van der Waals surface area (Å²) >= 11 is 0. The van der Waals surface area contributed by atoms with Crippen molar-refractivity contribution in [3.8, 4) is 0 Å². The third-order valence-corrected chi connectivity index (χ3v) is 14.8. The van der Waals surface area contributed by atoms with Crippen molar-refractivity contribution >= 4 is 5.97 Å². The molecule has 1 aromatic heterocycles. The number of carbonyl (C=O) groups is 1. The summed E-state index contributed by atoms with van der Waals surface area (Å²) in [5, 5.41) is 19.6. The molecule has 1 aliphatic heterocycles. The van der Waals surface area contributed by atoms with E-state index in [-0.39, 0.29) is 33.0 Å². The monoisotopic (exact) mass is 561 g/mol. The Balaban J connectivity index is 1.29. The summed E-state index contributed by atoms with van der Waals surface area (Å²) in [4.78, 5) is 13.0. The maximum atomic E-state index is 13.0. The number of piperidine rings is 1. The predicted octanol–water partition coefficient (Wildman–Crippen LogP) is 7.71. The summed E-state index contributed by atoms with van der Waals surface area (Å²) in [6.07, 6.45) is 17.0. The maximum Gasteiger partial charge on any atom is 0.310 e. The van der Waals surface area contributed by atoms with Gasteiger partial charge in [-0.1, -0.05) is 60.1 Å². The van der Waals surface area contributed by atoms with Crippen LogP contribution in [0.2, 0.25) is 0 Å². The van der Waals surface area contributed by atoms with E-state index in [1.807, 2.05) is 0 Å². The molecule has 4 fully saturated rings. The molecule has 0 spiro atoms. The second-order valence-electron chi connectivity index (χ2n) is 17.6. The van der Waals surface area contributed by atoms with Gasteiger partial charge in [0, 0.05) is 18.2 Å². The molecule has 1 saturated heterocycles. The molecule has 8 atom stereocenters. The summed E-state index contributed by atoms with van der Waals surface area (Å²) in [5.41, 5.74) is 4.56. The van der Waals surface area contributed by atoms with Gasteiger partial charge in [-0.25, -0.2) is 0 Å². The van der Waals surface area contributed by atoms with Crippen molar-refractivity contribution in [1.29, 1.82) is 0 Å². The zero-order valence-corrected chi connectivity index (χ0v) is 26.9. The van der Waals surface area contributed by atoms with Crippen LogP contribution < -0.4 is 5.32 Å². The number of nitrogens with one attached hydrogen (secondary N) is 1. The van der Waals surface area contributed by atoms with E-state index in [4.69, 9.17) is 5.10 Å². The van der Waals surface area contributed by atoms with Crippen LogP contribution in [0.4, 0.5) is 0 Å². The average molecular weight is 562 g/mol. The molecule has 7 rings (SSSR count). The SMILES string of the molecule is CC1(C)CC[C@]2(C(=O)O)CC[C@]3(C)C(=CC[C@@H]4[C@@]5(C)Cc6cn(C7CCCNC7)nc6C(C)(C)[C@@H]5CC[C@]43C)[C@@H]2C1. The molecule has 5 nitrogen and oxygen atoms in total. The minimum atomic E-state index is -0.560. The number of carboxylic acids is 1. The normalized spacial score (nSPS) is 46.2. The van der Waals surface area contributed by atoms with Crippen molar-refractivity contribution in [2.75, 3.05) is 13.1 Å². The predicted molar refractivity (Wildman–Crippen MR) is 164 cm³/mol. The van der Waals surface area contributed by atoms with Gasteiger partial charge in [-0.3, -0.25) is 9.48 Å². The molecule has 5 heteroatoms. The van der Waals surface area contributed by atoms with Crippen molar-refractivity contribution in [2.45, 2.75) is 131 Å². The van der Waals surface area contributed by atoms with Crippen molar-refractivity contribution in [1.82, 2.24) is 15.1 Å². The first-order chi connectivity index (χ1) is 19.2. The van der Waals surface area contributed by atoms with Gasteiger partial charge in [-0.05, 0) is 122 Å². The minimum absolute atomic E-state index is 0.0559. The molecule has 5 aliphatic carbocycles. The lowest BCUT2D eigenvalue weighted by molar-refractivity contribution is -0.177. The molecule has 0 radical (unpaired) electrons. The lowest BCUT2D eigenvalue weighted by Gasteiger charge is -2.70. The molecule has 2 heterocycles. The first kappa shape index (κ1) is 28.2. The standard InChI is InChI=1S/C36H55N3O2/c1-31(2)14-16-36(30(40)41)17-15-34(6)25(26(36)20-31)10-11-28-33(5)19-23-22-39(24-9-8-18-37-21-24)38-29(23)32(3,4)27(33)12-13-35(28,34)7/h10,22,24,26-28,37H,8-9,11-21H2,1-7H3,(H,40,41)/t24?,26-,27-,28+,33-,34+,35+,36-/m0/s1. The van der Waals surface area contributed by atoms with Gasteiger partial charge >= 0.3 is 5.97 Å². The van der Waals surface area contributed by atoms with E-state index in [9.17, 15) is 9.90 Å². The highest BCUT2D eigenvalue weighted by molar-refractivity contribution is 5.76. The van der Waals surface area contributed by atoms with E-state index in [2.05, 4.69) is 70.7 Å². The largest absolute Gasteiger partial charge is 0.481 e. The quantitative estimate of drug-likeness (QED) is 0.363. The maximum absolute atomic E-state index is 13.0. The number of carboxylic acid groups (broad SMARTS) is 1. The topological polar surface area (TPSA) is 67.2 Å². The van der Waals surface area contributed by atoms with E-state index < -0.39 is 11.4 Å². The van der Waals surface area contributed by atoms with E-state index in [1.54, 1.807) is 0 Å². The van der Waals surface area contributed by atoms with Gasteiger partial charge in [0.15, 0.2) is 0 Å². The Morgan fingerprint density at radius 1 is 1.00 bits per heavy atom. The molecule has 2 N–H and O–H groups in total. The van der Waals surface area contributed by atoms with Crippen molar-refractivity contribution in [3.05, 3.63) is 29.1 Å². The number of hydrogen-bond acceptors (Lipinski definition) is 3. The van der Waals surface area contributed by atoms with Crippen LogP contribution in [0, 0.1) is 44.8 Å². The first-order valence-electron chi connectivity index (χ1n) is 16.9. The Morgan fingerprint density at radius 2 is 1.76 bits per heavy atom. The fourth-order valence-electron chi connectivity index (χ4n) is 12.3. The van der Waals surface area contributed by atoms with E-state index >= 15 is 0 Å². The van der Waals surface area contributed by atoms with Gasteiger partial charge in [-0.2, -0.15) is 5.10 Å². The second kappa shape index (κ2) is 8.73. The number of aliphatic carboxylic acids is 1. The number of fused-ring (bicyclic) bond motifs is 8. The Kier molecular flexibility index (Phi) is 6.00. The Labute approximate surface area is 248 Å². The van der Waals surface area contributed by atoms with E-state index in [1.165, 1.54) is 42.5 Å². The summed E-state index contributed by atoms with van der Waals surface area (Å²) in [7, 11) is 0. The Hall–Kier alpha value is -1.62. The molecular weight excluding hydrogens is 506 g/mol. The van der Waals surface area contributed by atoms with Crippen LogP contribution >= 0.6 is 0 Å². The number of nitrogens with zero attached hydrogens (tertiary/aromatic N) is 2. The number of hydrogen-bond donors (Lipinski definition) is 2. The van der Waals surface area contributed by atoms with Gasteiger partial charge in [-0.15, -0.1) is 0 Å². The van der Waals surface area contributed by atoms with Crippen LogP contribution in [0.3, 0.4) is 0 Å². The Morgan fingerprint density at radius 3 is 2.46 bits per heavy atom. The third-order valence-electron chi connectivity index (χ3n) is 14.8. The summed E-state index contributed by atoms with van der Waals surface area (Å²) in [6, 6.07) is 0.473. The van der Waals surface area contributed by atoms with Crippen LogP contribution in [-0.4, -0.2) is 33.9 Å². The lowest BCUT2D eigenvalue weighted by atomic mass is 9.33. The third kappa shape index (κ3) is 3.62. The number of rotatable bonds is 2. The smallest absolute Gasteiger partial charge is 0.310 e. The fourth-order valence-corrected chi connectivity index (χ4v) is 12.3. The first-order valence-corrected chi connectivity index (χ1v) is 16.9. The Bertz CT molecular complexity index is 1290. The van der Waals surface area contributed by atoms with Crippen LogP contribution in [0.15, 0.2) is 17.8 Å². The molecule has 6 aliphatic rings. The van der Waals surface area contributed by atoms with Gasteiger partial charge < -0.3 is 10.4 Å². The highest BCUT2D eigenvalue weighted by atomic mass is 16.4. The lowest BCUT2D eigenvalue weighted by Crippen LogP contribution is -2.64. The number of aromatic nitrogens is 2. The fraction of sp³-hybridized carbons (Fsp3) is 0.833. The molecule has 0 amide bonds. The van der Waals surface area contributed by atoms with Crippen LogP contribution in [0.1, 0.15) is 130 Å². The molecule has 1 unspecified atom stereocenters. The van der Waals surface area contributed by atoms with Gasteiger partial charge in [0.2, 0.25) is 0 Å². The van der Waals surface area contributed by atoms with Crippen molar-refractivity contribution in [3.63, 3.8) is 0 Å². The van der Waals surface area contributed by atoms with Crippen LogP contribution in [0.5, 0.6) is 0 Å². The molecule has 0 aromatic carbocycles. The van der Waals surface area contributed by atoms with Gasteiger partial charge in [0.25, 0.3) is 0 Å². The highest BCUT2D eigenvalue weighted by Gasteiger charge is 2.69. The van der Waals surface area contributed by atoms with Crippen molar-refractivity contribution in [2.24, 2.45) is 44.8 Å². The number of allylic oxidation sites excluding steroid dienone is 2. The molecule has 226 valence electrons. The van der Waals surface area contributed by atoms with E-state index in [0.717, 1.165) is 58.0 Å². The summed E-state index contributed by atoms with van der Waals surface area (Å²) in [6.45, 7) is 19.7. The zero-order valence-electron chi connectivity index (χ0n) is 26.9. The molecule has 41 heavy (non-hydrogen) atoms. The molecule has 1 aromatic rings. The summed E-state index contributed by atoms with van der Waals surface area (Å²) in [5.74, 6) is 0.865. The second-order valence-corrected chi connectivity index (χ2v) is 17.6. The van der Waals surface area contributed by atoms with Gasteiger partial charge in [0.05, 0.1) is 17.2 Å². The minimum Gasteiger partial charge on any atom is -0.481 e. The summed E-state index contributed by atoms with van der Waals surface area (Å²) < 4.78 is 2.33.